The van der Waals surface area contributed by atoms with Crippen molar-refractivity contribution < 1.29 is 18.9 Å². The van der Waals surface area contributed by atoms with Crippen molar-refractivity contribution in [3.8, 4) is 17.2 Å². The van der Waals surface area contributed by atoms with Crippen LogP contribution in [0.5, 0.6) is 5.75 Å². The molecule has 0 aliphatic carbocycles. The Morgan fingerprint density at radius 3 is 2.64 bits per heavy atom. The molecule has 36 heavy (non-hydrogen) atoms. The van der Waals surface area contributed by atoms with Crippen LogP contribution >= 0.6 is 11.6 Å². The Hall–Kier alpha value is -4.11. The van der Waals surface area contributed by atoms with Gasteiger partial charge in [0.2, 0.25) is 5.89 Å². The summed E-state index contributed by atoms with van der Waals surface area (Å²) in [5.74, 6) is 0.473. The predicted octanol–water partition coefficient (Wildman–Crippen LogP) is 6.31. The molecule has 1 fully saturated rings. The molecule has 9 nitrogen and oxygen atoms in total. The van der Waals surface area contributed by atoms with Crippen LogP contribution in [0.25, 0.3) is 22.6 Å². The number of amides is 1. The van der Waals surface area contributed by atoms with Gasteiger partial charge in [0.05, 0.1) is 17.1 Å². The molecule has 0 atom stereocenters. The monoisotopic (exact) mass is 506 g/mol. The number of carbonyl (C=O) groups excluding carboxylic acids is 1. The first-order valence-corrected chi connectivity index (χ1v) is 11.9. The number of halogens is 1. The van der Waals surface area contributed by atoms with Crippen LogP contribution in [0.4, 0.5) is 17.1 Å². The normalized spacial score (nSPS) is 13.6. The third-order valence-electron chi connectivity index (χ3n) is 6.18. The highest BCUT2D eigenvalue weighted by Gasteiger charge is 2.23. The fourth-order valence-corrected chi connectivity index (χ4v) is 4.60. The van der Waals surface area contributed by atoms with Crippen LogP contribution in [0.3, 0.4) is 0 Å². The smallest absolute Gasteiger partial charge is 0.293 e. The number of carbonyl (C=O) groups is 1. The van der Waals surface area contributed by atoms with Gasteiger partial charge in [-0.1, -0.05) is 11.6 Å². The van der Waals surface area contributed by atoms with E-state index in [2.05, 4.69) is 10.3 Å². The molecule has 4 aromatic rings. The highest BCUT2D eigenvalue weighted by molar-refractivity contribution is 6.32. The van der Waals surface area contributed by atoms with Crippen LogP contribution in [0, 0.1) is 10.1 Å². The summed E-state index contributed by atoms with van der Waals surface area (Å²) in [5, 5.41) is 15.0. The van der Waals surface area contributed by atoms with Crippen LogP contribution in [-0.2, 0) is 0 Å². The van der Waals surface area contributed by atoms with Gasteiger partial charge in [0.1, 0.15) is 17.0 Å². The minimum absolute atomic E-state index is 0.0701. The molecule has 0 saturated carbocycles. The van der Waals surface area contributed by atoms with Crippen molar-refractivity contribution in [2.45, 2.75) is 19.3 Å². The lowest BCUT2D eigenvalue weighted by Crippen LogP contribution is -2.30. The van der Waals surface area contributed by atoms with E-state index in [0.717, 1.165) is 32.4 Å². The molecule has 1 N–H and O–H groups in total. The first-order valence-electron chi connectivity index (χ1n) is 11.5. The molecular weight excluding hydrogens is 484 g/mol. The number of hydrogen-bond donors (Lipinski definition) is 1. The summed E-state index contributed by atoms with van der Waals surface area (Å²) in [7, 11) is 1.54. The van der Waals surface area contributed by atoms with Crippen molar-refractivity contribution in [3.63, 3.8) is 0 Å². The fraction of sp³-hybridized carbons (Fsp3) is 0.231. The van der Waals surface area contributed by atoms with Gasteiger partial charge in [0.25, 0.3) is 11.6 Å². The van der Waals surface area contributed by atoms with Gasteiger partial charge < -0.3 is 19.4 Å². The summed E-state index contributed by atoms with van der Waals surface area (Å²) in [6.07, 6.45) is 3.12. The van der Waals surface area contributed by atoms with E-state index < -0.39 is 10.8 Å². The van der Waals surface area contributed by atoms with Crippen LogP contribution in [-0.4, -0.2) is 36.0 Å². The second kappa shape index (κ2) is 9.87. The van der Waals surface area contributed by atoms with E-state index in [1.807, 2.05) is 4.90 Å². The van der Waals surface area contributed by atoms with Gasteiger partial charge in [-0.3, -0.25) is 14.9 Å². The third kappa shape index (κ3) is 4.70. The Morgan fingerprint density at radius 2 is 1.92 bits per heavy atom. The summed E-state index contributed by atoms with van der Waals surface area (Å²) < 4.78 is 11.0. The molecule has 1 aliphatic rings. The standard InChI is InChI=1S/C26H23ClN4O5/c1-35-23-9-6-17(13-19(23)27)26-29-20-15-18(7-10-24(20)36-26)28-25(32)16-5-8-21(22(14-16)31(33)34)30-11-3-2-4-12-30/h5-10,13-15H,2-4,11-12H2,1H3,(H,28,32). The number of nitro groups is 1. The second-order valence-electron chi connectivity index (χ2n) is 8.51. The van der Waals surface area contributed by atoms with Gasteiger partial charge in [-0.05, 0) is 67.8 Å². The number of hydrogen-bond acceptors (Lipinski definition) is 7. The summed E-state index contributed by atoms with van der Waals surface area (Å²) in [6.45, 7) is 1.55. The largest absolute Gasteiger partial charge is 0.495 e. The van der Waals surface area contributed by atoms with Crippen LogP contribution < -0.4 is 15.0 Å². The zero-order valence-electron chi connectivity index (χ0n) is 19.5. The maximum atomic E-state index is 12.9. The van der Waals surface area contributed by atoms with E-state index in [1.54, 1.807) is 48.5 Å². The summed E-state index contributed by atoms with van der Waals surface area (Å²) in [4.78, 5) is 30.7. The molecule has 2 heterocycles. The Kier molecular flexibility index (Phi) is 6.47. The van der Waals surface area contributed by atoms with Gasteiger partial charge in [-0.2, -0.15) is 0 Å². The lowest BCUT2D eigenvalue weighted by molar-refractivity contribution is -0.384. The molecular formula is C26H23ClN4O5. The lowest BCUT2D eigenvalue weighted by Gasteiger charge is -2.28. The van der Waals surface area contributed by atoms with Gasteiger partial charge in [0, 0.05) is 36.0 Å². The molecule has 184 valence electrons. The maximum absolute atomic E-state index is 12.9. The second-order valence-corrected chi connectivity index (χ2v) is 8.92. The lowest BCUT2D eigenvalue weighted by atomic mass is 10.1. The molecule has 3 aromatic carbocycles. The Balaban J connectivity index is 1.37. The van der Waals surface area contributed by atoms with E-state index in [9.17, 15) is 14.9 Å². The third-order valence-corrected chi connectivity index (χ3v) is 6.47. The highest BCUT2D eigenvalue weighted by Crippen LogP contribution is 2.33. The van der Waals surface area contributed by atoms with Crippen molar-refractivity contribution in [1.29, 1.82) is 0 Å². The van der Waals surface area contributed by atoms with Crippen molar-refractivity contribution >= 4 is 45.7 Å². The zero-order chi connectivity index (χ0) is 25.2. The van der Waals surface area contributed by atoms with Gasteiger partial charge in [-0.15, -0.1) is 0 Å². The molecule has 1 aliphatic heterocycles. The van der Waals surface area contributed by atoms with Crippen molar-refractivity contribution in [1.82, 2.24) is 4.98 Å². The highest BCUT2D eigenvalue weighted by atomic mass is 35.5. The number of fused-ring (bicyclic) bond motifs is 1. The number of oxazole rings is 1. The van der Waals surface area contributed by atoms with Crippen LogP contribution in [0.2, 0.25) is 5.02 Å². The van der Waals surface area contributed by atoms with Crippen molar-refractivity contribution in [2.24, 2.45) is 0 Å². The summed E-state index contributed by atoms with van der Waals surface area (Å²) in [6, 6.07) is 14.9. The van der Waals surface area contributed by atoms with E-state index >= 15 is 0 Å². The number of methoxy groups -OCH3 is 1. The van der Waals surface area contributed by atoms with Crippen LogP contribution in [0.1, 0.15) is 29.6 Å². The summed E-state index contributed by atoms with van der Waals surface area (Å²) >= 11 is 6.22. The number of benzene rings is 3. The van der Waals surface area contributed by atoms with Gasteiger partial charge in [0.15, 0.2) is 5.58 Å². The first kappa shape index (κ1) is 23.6. The number of anilines is 2. The average Bonchev–Trinajstić information content (AvgIpc) is 3.32. The summed E-state index contributed by atoms with van der Waals surface area (Å²) in [5.41, 5.74) is 2.94. The Morgan fingerprint density at radius 1 is 1.11 bits per heavy atom. The molecule has 10 heteroatoms. The van der Waals surface area contributed by atoms with Crippen molar-refractivity contribution in [2.75, 3.05) is 30.4 Å². The molecule has 1 aromatic heterocycles. The molecule has 0 unspecified atom stereocenters. The minimum Gasteiger partial charge on any atom is -0.495 e. The number of aromatic nitrogens is 1. The molecule has 0 bridgehead atoms. The van der Waals surface area contributed by atoms with Crippen LogP contribution in [0.15, 0.2) is 59.0 Å². The maximum Gasteiger partial charge on any atom is 0.293 e. The number of nitrogens with zero attached hydrogens (tertiary/aromatic N) is 3. The van der Waals surface area contributed by atoms with Crippen molar-refractivity contribution in [3.05, 3.63) is 75.3 Å². The number of piperidine rings is 1. The fourth-order valence-electron chi connectivity index (χ4n) is 4.34. The number of nitro benzene ring substituents is 1. The van der Waals surface area contributed by atoms with E-state index in [-0.39, 0.29) is 11.3 Å². The quantitative estimate of drug-likeness (QED) is 0.241. The molecule has 1 amide bonds. The molecule has 0 radical (unpaired) electrons. The topological polar surface area (TPSA) is 111 Å². The first-order chi connectivity index (χ1) is 17.4. The van der Waals surface area contributed by atoms with Gasteiger partial charge in [-0.25, -0.2) is 4.98 Å². The van der Waals surface area contributed by atoms with E-state index in [0.29, 0.717) is 44.7 Å². The number of rotatable bonds is 6. The SMILES string of the molecule is COc1ccc(-c2nc3cc(NC(=O)c4ccc(N5CCCCC5)c([N+](=O)[O-])c4)ccc3o2)cc1Cl. The molecule has 1 saturated heterocycles. The van der Waals surface area contributed by atoms with E-state index in [4.69, 9.17) is 20.8 Å². The Labute approximate surface area is 211 Å². The molecule has 5 rings (SSSR count). The van der Waals surface area contributed by atoms with Gasteiger partial charge >= 0.3 is 0 Å². The zero-order valence-corrected chi connectivity index (χ0v) is 20.2. The average molecular weight is 507 g/mol. The van der Waals surface area contributed by atoms with E-state index in [1.165, 1.54) is 13.2 Å². The number of nitrogens with one attached hydrogen (secondary N) is 1. The number of ether oxygens (including phenoxy) is 1. The molecule has 0 spiro atoms. The minimum atomic E-state index is -0.451. The Bertz CT molecular complexity index is 1460. The predicted molar refractivity (Wildman–Crippen MR) is 138 cm³/mol.